The van der Waals surface area contributed by atoms with E-state index in [2.05, 4.69) is 5.10 Å². The molecule has 2 rings (SSSR count). The molecule has 0 fully saturated rings. The normalized spacial score (nSPS) is 11.8. The molecule has 0 bridgehead atoms. The number of halogens is 4. The second kappa shape index (κ2) is 4.24. The molecule has 2 nitrogen and oxygen atoms in total. The lowest BCUT2D eigenvalue weighted by atomic mass is 10.3. The number of nitrogens with zero attached hydrogens (tertiary/aromatic N) is 1. The standard InChI is InChI=1S/C11H8F4N2S/c1-6-9(11(13,14)15)16-17(10(6)18)8-4-2-7(12)3-5-8/h2-5,16H,1H3. The number of nitrogens with one attached hydrogen (secondary N) is 1. The van der Waals surface area contributed by atoms with Gasteiger partial charge >= 0.3 is 6.18 Å². The van der Waals surface area contributed by atoms with E-state index in [-0.39, 0.29) is 10.2 Å². The van der Waals surface area contributed by atoms with Gasteiger partial charge in [0.15, 0.2) is 0 Å². The Morgan fingerprint density at radius 1 is 1.17 bits per heavy atom. The molecule has 0 atom stereocenters. The molecule has 0 saturated heterocycles. The summed E-state index contributed by atoms with van der Waals surface area (Å²) in [5.41, 5.74) is -0.598. The average Bonchev–Trinajstić information content (AvgIpc) is 2.57. The lowest BCUT2D eigenvalue weighted by Crippen LogP contribution is -2.08. The molecule has 1 N–H and O–H groups in total. The summed E-state index contributed by atoms with van der Waals surface area (Å²) in [4.78, 5) is 0. The summed E-state index contributed by atoms with van der Waals surface area (Å²) in [6.45, 7) is 1.29. The van der Waals surface area contributed by atoms with Gasteiger partial charge in [0.1, 0.15) is 16.2 Å². The first kappa shape index (κ1) is 12.8. The van der Waals surface area contributed by atoms with Crippen LogP contribution in [0.1, 0.15) is 11.3 Å². The zero-order valence-electron chi connectivity index (χ0n) is 9.18. The van der Waals surface area contributed by atoms with E-state index in [0.29, 0.717) is 5.69 Å². The van der Waals surface area contributed by atoms with Crippen LogP contribution >= 0.6 is 12.2 Å². The summed E-state index contributed by atoms with van der Waals surface area (Å²) in [7, 11) is 0. The Balaban J connectivity index is 2.60. The first-order valence-corrected chi connectivity index (χ1v) is 5.36. The van der Waals surface area contributed by atoms with Crippen molar-refractivity contribution in [2.45, 2.75) is 13.1 Å². The smallest absolute Gasteiger partial charge is 0.288 e. The van der Waals surface area contributed by atoms with Gasteiger partial charge in [0.25, 0.3) is 0 Å². The molecule has 7 heteroatoms. The van der Waals surface area contributed by atoms with Crippen LogP contribution in [0.15, 0.2) is 24.3 Å². The summed E-state index contributed by atoms with van der Waals surface area (Å²) in [6.07, 6.45) is -4.50. The van der Waals surface area contributed by atoms with Crippen molar-refractivity contribution in [2.24, 2.45) is 0 Å². The molecule has 0 radical (unpaired) electrons. The summed E-state index contributed by atoms with van der Waals surface area (Å²) >= 11 is 4.94. The molecular weight excluding hydrogens is 268 g/mol. The maximum absolute atomic E-state index is 12.8. The van der Waals surface area contributed by atoms with Crippen molar-refractivity contribution >= 4 is 12.2 Å². The monoisotopic (exact) mass is 276 g/mol. The fraction of sp³-hybridized carbons (Fsp3) is 0.182. The fourth-order valence-electron chi connectivity index (χ4n) is 1.57. The van der Waals surface area contributed by atoms with E-state index in [1.54, 1.807) is 0 Å². The molecule has 1 aromatic carbocycles. The first-order valence-electron chi connectivity index (χ1n) is 4.95. The number of alkyl halides is 3. The van der Waals surface area contributed by atoms with Gasteiger partial charge in [0.2, 0.25) is 0 Å². The highest BCUT2D eigenvalue weighted by Crippen LogP contribution is 2.31. The van der Waals surface area contributed by atoms with Crippen molar-refractivity contribution in [1.82, 2.24) is 9.78 Å². The number of hydrogen-bond acceptors (Lipinski definition) is 1. The minimum Gasteiger partial charge on any atom is -0.288 e. The maximum atomic E-state index is 12.8. The minimum atomic E-state index is -4.50. The predicted octanol–water partition coefficient (Wildman–Crippen LogP) is 4.00. The molecule has 0 spiro atoms. The van der Waals surface area contributed by atoms with E-state index < -0.39 is 17.7 Å². The minimum absolute atomic E-state index is 0.0222. The number of H-pyrrole nitrogens is 1. The Morgan fingerprint density at radius 3 is 2.17 bits per heavy atom. The Labute approximate surface area is 105 Å². The van der Waals surface area contributed by atoms with Gasteiger partial charge in [-0.1, -0.05) is 12.2 Å². The van der Waals surface area contributed by atoms with Crippen molar-refractivity contribution < 1.29 is 17.6 Å². The second-order valence-electron chi connectivity index (χ2n) is 3.73. The van der Waals surface area contributed by atoms with Crippen molar-refractivity contribution in [2.75, 3.05) is 0 Å². The number of rotatable bonds is 1. The van der Waals surface area contributed by atoms with Gasteiger partial charge in [-0.25, -0.2) is 9.07 Å². The third-order valence-electron chi connectivity index (χ3n) is 2.49. The number of aromatic nitrogens is 2. The number of aromatic amines is 1. The summed E-state index contributed by atoms with van der Waals surface area (Å²) in [5, 5.41) is 2.19. The molecular formula is C11H8F4N2S. The highest BCUT2D eigenvalue weighted by atomic mass is 32.1. The number of hydrogen-bond donors (Lipinski definition) is 1. The molecule has 0 saturated carbocycles. The van der Waals surface area contributed by atoms with Crippen molar-refractivity contribution in [3.63, 3.8) is 0 Å². The topological polar surface area (TPSA) is 20.7 Å². The van der Waals surface area contributed by atoms with E-state index in [1.807, 2.05) is 0 Å². The van der Waals surface area contributed by atoms with Gasteiger partial charge in [0.05, 0.1) is 5.69 Å². The van der Waals surface area contributed by atoms with Crippen LogP contribution in [0.5, 0.6) is 0 Å². The molecule has 0 amide bonds. The van der Waals surface area contributed by atoms with Crippen molar-refractivity contribution in [1.29, 1.82) is 0 Å². The van der Waals surface area contributed by atoms with E-state index >= 15 is 0 Å². The lowest BCUT2D eigenvalue weighted by Gasteiger charge is -2.05. The zero-order valence-corrected chi connectivity index (χ0v) is 9.99. The van der Waals surface area contributed by atoms with Crippen LogP contribution < -0.4 is 0 Å². The number of benzene rings is 1. The van der Waals surface area contributed by atoms with Gasteiger partial charge < -0.3 is 0 Å². The summed E-state index contributed by atoms with van der Waals surface area (Å²) in [5.74, 6) is -0.468. The van der Waals surface area contributed by atoms with Gasteiger partial charge in [-0.05, 0) is 31.2 Å². The molecule has 0 aliphatic heterocycles. The summed E-state index contributed by atoms with van der Waals surface area (Å²) in [6, 6.07) is 5.00. The average molecular weight is 276 g/mol. The van der Waals surface area contributed by atoms with Gasteiger partial charge in [-0.3, -0.25) is 5.10 Å². The Hall–Kier alpha value is -1.63. The van der Waals surface area contributed by atoms with Crippen molar-refractivity contribution in [3.05, 3.63) is 46.0 Å². The van der Waals surface area contributed by atoms with E-state index in [0.717, 1.165) is 16.8 Å². The lowest BCUT2D eigenvalue weighted by molar-refractivity contribution is -0.141. The maximum Gasteiger partial charge on any atom is 0.433 e. The van der Waals surface area contributed by atoms with Gasteiger partial charge in [-0.15, -0.1) is 0 Å². The molecule has 0 unspecified atom stereocenters. The van der Waals surface area contributed by atoms with E-state index in [1.165, 1.54) is 19.1 Å². The predicted molar refractivity (Wildman–Crippen MR) is 60.7 cm³/mol. The molecule has 1 aromatic heterocycles. The van der Waals surface area contributed by atoms with Gasteiger partial charge in [-0.2, -0.15) is 13.2 Å². The van der Waals surface area contributed by atoms with Crippen LogP contribution in [0.25, 0.3) is 5.69 Å². The first-order chi connectivity index (χ1) is 8.30. The Morgan fingerprint density at radius 2 is 1.72 bits per heavy atom. The molecule has 0 aliphatic rings. The van der Waals surface area contributed by atoms with Crippen LogP contribution in [0.2, 0.25) is 0 Å². The third kappa shape index (κ3) is 2.17. The zero-order chi connectivity index (χ0) is 13.5. The van der Waals surface area contributed by atoms with E-state index in [4.69, 9.17) is 12.2 Å². The quantitative estimate of drug-likeness (QED) is 0.616. The second-order valence-corrected chi connectivity index (χ2v) is 4.11. The van der Waals surface area contributed by atoms with Crippen LogP contribution in [-0.2, 0) is 6.18 Å². The van der Waals surface area contributed by atoms with Gasteiger partial charge in [0, 0.05) is 5.56 Å². The van der Waals surface area contributed by atoms with Crippen molar-refractivity contribution in [3.8, 4) is 5.69 Å². The highest BCUT2D eigenvalue weighted by Gasteiger charge is 2.35. The van der Waals surface area contributed by atoms with Crippen LogP contribution in [0.4, 0.5) is 17.6 Å². The van der Waals surface area contributed by atoms with Crippen LogP contribution in [0.3, 0.4) is 0 Å². The Kier molecular flexibility index (Phi) is 3.02. The molecule has 96 valence electrons. The highest BCUT2D eigenvalue weighted by molar-refractivity contribution is 7.71. The SMILES string of the molecule is Cc1c(C(F)(F)F)[nH]n(-c2ccc(F)cc2)c1=S. The fourth-order valence-corrected chi connectivity index (χ4v) is 1.82. The third-order valence-corrected chi connectivity index (χ3v) is 2.98. The molecule has 2 aromatic rings. The largest absolute Gasteiger partial charge is 0.433 e. The molecule has 1 heterocycles. The van der Waals surface area contributed by atoms with Crippen LogP contribution in [0, 0.1) is 17.4 Å². The molecule has 0 aliphatic carbocycles. The molecule has 18 heavy (non-hydrogen) atoms. The van der Waals surface area contributed by atoms with E-state index in [9.17, 15) is 17.6 Å². The van der Waals surface area contributed by atoms with Crippen LogP contribution in [-0.4, -0.2) is 9.78 Å². The summed E-state index contributed by atoms with van der Waals surface area (Å²) < 4.78 is 51.9. The Bertz CT molecular complexity index is 622.